The number of azide groups is 1. The fraction of sp³-hybridized carbons (Fsp3) is 0.857. The highest BCUT2D eigenvalue weighted by atomic mass is 32.2. The third kappa shape index (κ3) is 7.77. The predicted molar refractivity (Wildman–Crippen MR) is 53.9 cm³/mol. The molecule has 0 aliphatic carbocycles. The molecule has 0 rings (SSSR count). The molecule has 7 nitrogen and oxygen atoms in total. The Kier molecular flexibility index (Phi) is 6.48. The van der Waals surface area contributed by atoms with Gasteiger partial charge in [0.1, 0.15) is 0 Å². The minimum absolute atomic E-state index is 0.0803. The molecule has 86 valence electrons. The summed E-state index contributed by atoms with van der Waals surface area (Å²) in [6, 6.07) is 0. The molecule has 0 radical (unpaired) electrons. The summed E-state index contributed by atoms with van der Waals surface area (Å²) in [5, 5.41) is 3.21. The average Bonchev–Trinajstić information content (AvgIpc) is 2.21. The van der Waals surface area contributed by atoms with Crippen molar-refractivity contribution in [2.24, 2.45) is 5.11 Å². The number of nitrogens with zero attached hydrogens (tertiary/aromatic N) is 3. The van der Waals surface area contributed by atoms with Gasteiger partial charge < -0.3 is 4.74 Å². The molecule has 0 aromatic rings. The van der Waals surface area contributed by atoms with Gasteiger partial charge in [-0.15, -0.1) is 0 Å². The van der Waals surface area contributed by atoms with Gasteiger partial charge in [0.15, 0.2) is 9.84 Å². The van der Waals surface area contributed by atoms with E-state index in [9.17, 15) is 13.2 Å². The number of rotatable bonds is 7. The summed E-state index contributed by atoms with van der Waals surface area (Å²) in [7, 11) is -2.05. The van der Waals surface area contributed by atoms with E-state index in [2.05, 4.69) is 14.8 Å². The lowest BCUT2D eigenvalue weighted by atomic mass is 10.5. The van der Waals surface area contributed by atoms with Gasteiger partial charge in [0.25, 0.3) is 0 Å². The van der Waals surface area contributed by atoms with E-state index in [1.807, 2.05) is 0 Å². The number of hydrogen-bond acceptors (Lipinski definition) is 5. The number of hydrogen-bond donors (Lipinski definition) is 0. The molecule has 0 aromatic carbocycles. The Labute approximate surface area is 88.0 Å². The van der Waals surface area contributed by atoms with Crippen LogP contribution in [0.1, 0.15) is 12.8 Å². The monoisotopic (exact) mass is 235 g/mol. The molecule has 0 aliphatic heterocycles. The molecular weight excluding hydrogens is 222 g/mol. The van der Waals surface area contributed by atoms with E-state index in [1.165, 1.54) is 7.11 Å². The van der Waals surface area contributed by atoms with E-state index in [0.29, 0.717) is 0 Å². The van der Waals surface area contributed by atoms with Gasteiger partial charge in [-0.1, -0.05) is 5.11 Å². The van der Waals surface area contributed by atoms with Gasteiger partial charge in [0.05, 0.1) is 25.0 Å². The van der Waals surface area contributed by atoms with Crippen molar-refractivity contribution in [2.45, 2.75) is 12.8 Å². The summed E-state index contributed by atoms with van der Waals surface area (Å²) < 4.78 is 26.9. The molecule has 0 saturated carbocycles. The maximum Gasteiger partial charge on any atom is 0.306 e. The van der Waals surface area contributed by atoms with Gasteiger partial charge in [-0.05, 0) is 12.0 Å². The summed E-state index contributed by atoms with van der Waals surface area (Å²) in [5.74, 6) is -0.854. The molecule has 0 spiro atoms. The first-order valence-corrected chi connectivity index (χ1v) is 6.12. The first kappa shape index (κ1) is 13.7. The number of sulfone groups is 1. The van der Waals surface area contributed by atoms with Crippen LogP contribution in [0.15, 0.2) is 5.11 Å². The maximum atomic E-state index is 11.3. The largest absolute Gasteiger partial charge is 0.469 e. The van der Waals surface area contributed by atoms with Crippen LogP contribution in [0.4, 0.5) is 0 Å². The van der Waals surface area contributed by atoms with Gasteiger partial charge in [-0.2, -0.15) is 0 Å². The van der Waals surface area contributed by atoms with Gasteiger partial charge in [0, 0.05) is 11.5 Å². The number of esters is 1. The highest BCUT2D eigenvalue weighted by Gasteiger charge is 2.12. The maximum absolute atomic E-state index is 11.3. The third-order valence-electron chi connectivity index (χ3n) is 1.62. The van der Waals surface area contributed by atoms with Crippen molar-refractivity contribution >= 4 is 15.8 Å². The number of carbonyl (C=O) groups excluding carboxylic acids is 1. The molecule has 0 atom stereocenters. The number of methoxy groups -OCH3 is 1. The topological polar surface area (TPSA) is 109 Å². The lowest BCUT2D eigenvalue weighted by molar-refractivity contribution is -0.140. The second kappa shape index (κ2) is 7.08. The van der Waals surface area contributed by atoms with Crippen LogP contribution in [-0.2, 0) is 19.4 Å². The van der Waals surface area contributed by atoms with E-state index in [0.717, 1.165) is 0 Å². The molecule has 8 heteroatoms. The van der Waals surface area contributed by atoms with Crippen LogP contribution < -0.4 is 0 Å². The van der Waals surface area contributed by atoms with E-state index in [-0.39, 0.29) is 30.9 Å². The Morgan fingerprint density at radius 1 is 1.47 bits per heavy atom. The standard InChI is InChI=1S/C7H13N3O4S/c1-14-7(11)3-6-15(12,13)5-2-4-9-10-8/h2-6H2,1H3. The fourth-order valence-electron chi connectivity index (χ4n) is 0.843. The Balaban J connectivity index is 3.87. The highest BCUT2D eigenvalue weighted by Crippen LogP contribution is 1.98. The highest BCUT2D eigenvalue weighted by molar-refractivity contribution is 7.91. The summed E-state index contributed by atoms with van der Waals surface area (Å²) >= 11 is 0. The normalized spacial score (nSPS) is 10.5. The van der Waals surface area contributed by atoms with Crippen LogP contribution in [0.5, 0.6) is 0 Å². The molecule has 15 heavy (non-hydrogen) atoms. The van der Waals surface area contributed by atoms with Crippen LogP contribution in [-0.4, -0.2) is 39.5 Å². The van der Waals surface area contributed by atoms with Crippen LogP contribution >= 0.6 is 0 Å². The smallest absolute Gasteiger partial charge is 0.306 e. The van der Waals surface area contributed by atoms with E-state index < -0.39 is 15.8 Å². The Morgan fingerprint density at radius 2 is 2.13 bits per heavy atom. The Hall–Kier alpha value is -1.27. The van der Waals surface area contributed by atoms with Crippen LogP contribution in [0.2, 0.25) is 0 Å². The summed E-state index contributed by atoms with van der Waals surface area (Å²) in [4.78, 5) is 13.2. The predicted octanol–water partition coefficient (Wildman–Crippen LogP) is 0.665. The van der Waals surface area contributed by atoms with Crippen LogP contribution in [0.25, 0.3) is 10.4 Å². The number of carbonyl (C=O) groups is 1. The summed E-state index contributed by atoms with van der Waals surface area (Å²) in [6.45, 7) is 0.147. The van der Waals surface area contributed by atoms with E-state index in [1.54, 1.807) is 0 Å². The SMILES string of the molecule is COC(=O)CCS(=O)(=O)CCCN=[N+]=[N-]. The first-order chi connectivity index (χ1) is 7.02. The molecule has 0 bridgehead atoms. The van der Waals surface area contributed by atoms with E-state index >= 15 is 0 Å². The molecule has 0 aromatic heterocycles. The quantitative estimate of drug-likeness (QED) is 0.212. The summed E-state index contributed by atoms with van der Waals surface area (Å²) in [5.41, 5.74) is 7.95. The molecule has 0 fully saturated rings. The minimum Gasteiger partial charge on any atom is -0.469 e. The zero-order valence-corrected chi connectivity index (χ0v) is 9.23. The average molecular weight is 235 g/mol. The van der Waals surface area contributed by atoms with Crippen LogP contribution in [0, 0.1) is 0 Å². The third-order valence-corrected chi connectivity index (χ3v) is 3.36. The second-order valence-electron chi connectivity index (χ2n) is 2.79. The van der Waals surface area contributed by atoms with Gasteiger partial charge in [-0.25, -0.2) is 8.42 Å². The lowest BCUT2D eigenvalue weighted by Gasteiger charge is -2.01. The fourth-order valence-corrected chi connectivity index (χ4v) is 2.09. The van der Waals surface area contributed by atoms with Gasteiger partial charge in [-0.3, -0.25) is 4.79 Å². The molecule has 0 heterocycles. The van der Waals surface area contributed by atoms with Crippen LogP contribution in [0.3, 0.4) is 0 Å². The lowest BCUT2D eigenvalue weighted by Crippen LogP contribution is -2.15. The van der Waals surface area contributed by atoms with Crippen molar-refractivity contribution in [3.05, 3.63) is 10.4 Å². The molecule has 0 aliphatic rings. The van der Waals surface area contributed by atoms with Crippen molar-refractivity contribution < 1.29 is 17.9 Å². The first-order valence-electron chi connectivity index (χ1n) is 4.30. The van der Waals surface area contributed by atoms with Crippen molar-refractivity contribution in [1.29, 1.82) is 0 Å². The van der Waals surface area contributed by atoms with Gasteiger partial charge >= 0.3 is 5.97 Å². The molecule has 0 amide bonds. The van der Waals surface area contributed by atoms with E-state index in [4.69, 9.17) is 5.53 Å². The molecule has 0 unspecified atom stereocenters. The number of ether oxygens (including phenoxy) is 1. The summed E-state index contributed by atoms with van der Waals surface area (Å²) in [6.07, 6.45) is 0.133. The minimum atomic E-state index is -3.25. The van der Waals surface area contributed by atoms with Crippen molar-refractivity contribution in [3.8, 4) is 0 Å². The zero-order chi connectivity index (χ0) is 11.7. The second-order valence-corrected chi connectivity index (χ2v) is 5.09. The van der Waals surface area contributed by atoms with Crippen molar-refractivity contribution in [3.63, 3.8) is 0 Å². The van der Waals surface area contributed by atoms with Crippen molar-refractivity contribution in [1.82, 2.24) is 0 Å². The van der Waals surface area contributed by atoms with Crippen molar-refractivity contribution in [2.75, 3.05) is 25.2 Å². The molecule has 0 N–H and O–H groups in total. The van der Waals surface area contributed by atoms with Gasteiger partial charge in [0.2, 0.25) is 0 Å². The zero-order valence-electron chi connectivity index (χ0n) is 8.42. The molecule has 0 saturated heterocycles. The molecular formula is C7H13N3O4S. The Morgan fingerprint density at radius 3 is 2.67 bits per heavy atom. The Bertz CT molecular complexity index is 345.